The van der Waals surface area contributed by atoms with Gasteiger partial charge in [0.2, 0.25) is 0 Å². The van der Waals surface area contributed by atoms with Crippen LogP contribution in [0, 0.1) is 0 Å². The molecule has 0 aliphatic heterocycles. The molecule has 0 atom stereocenters. The van der Waals surface area contributed by atoms with Crippen molar-refractivity contribution in [3.63, 3.8) is 0 Å². The first kappa shape index (κ1) is 34.6. The number of fused-ring (bicyclic) bond motifs is 13. The van der Waals surface area contributed by atoms with E-state index in [0.717, 1.165) is 33.5 Å². The van der Waals surface area contributed by atoms with Crippen LogP contribution in [0.25, 0.3) is 95.0 Å². The van der Waals surface area contributed by atoms with Gasteiger partial charge in [-0.15, -0.1) is 0 Å². The van der Waals surface area contributed by atoms with Gasteiger partial charge in [-0.3, -0.25) is 0 Å². The molecule has 4 nitrogen and oxygen atoms in total. The molecule has 0 unspecified atom stereocenters. The van der Waals surface area contributed by atoms with Crippen LogP contribution in [-0.4, -0.2) is 19.5 Å². The van der Waals surface area contributed by atoms with Crippen LogP contribution in [-0.2, 0) is 5.41 Å². The number of hydrogen-bond donors (Lipinski definition) is 0. The topological polar surface area (TPSA) is 43.6 Å². The Labute approximate surface area is 359 Å². The molecule has 11 aromatic rings. The molecule has 0 fully saturated rings. The van der Waals surface area contributed by atoms with Gasteiger partial charge in [0.25, 0.3) is 0 Å². The maximum Gasteiger partial charge on any atom is 0.164 e. The second kappa shape index (κ2) is 13.4. The minimum Gasteiger partial charge on any atom is -0.309 e. The molecule has 0 saturated carbocycles. The molecule has 0 radical (unpaired) electrons. The SMILES string of the molecule is c1ccc(-c2nc(-c3cccc(-c4ccc5c(c4)c4ccccc4n5-c4ccccc4)c3)nc(-c3cccc4c3C3(c5ccccc5-c5ccccc53)c3ccccc3-4)n2)cc1. The molecule has 1 spiro atoms. The van der Waals surface area contributed by atoms with Crippen molar-refractivity contribution in [1.82, 2.24) is 19.5 Å². The van der Waals surface area contributed by atoms with Gasteiger partial charge in [-0.1, -0.05) is 182 Å². The zero-order valence-electron chi connectivity index (χ0n) is 33.6. The highest BCUT2D eigenvalue weighted by molar-refractivity contribution is 6.10. The van der Waals surface area contributed by atoms with Gasteiger partial charge < -0.3 is 4.57 Å². The second-order valence-electron chi connectivity index (χ2n) is 16.3. The first-order valence-electron chi connectivity index (χ1n) is 21.2. The summed E-state index contributed by atoms with van der Waals surface area (Å²) in [6.07, 6.45) is 0. The second-order valence-corrected chi connectivity index (χ2v) is 16.3. The van der Waals surface area contributed by atoms with Crippen molar-refractivity contribution >= 4 is 21.8 Å². The molecule has 62 heavy (non-hydrogen) atoms. The number of aromatic nitrogens is 4. The van der Waals surface area contributed by atoms with Crippen LogP contribution in [0.1, 0.15) is 22.3 Å². The lowest BCUT2D eigenvalue weighted by Crippen LogP contribution is -2.26. The van der Waals surface area contributed by atoms with E-state index in [9.17, 15) is 0 Å². The third-order valence-electron chi connectivity index (χ3n) is 13.1. The summed E-state index contributed by atoms with van der Waals surface area (Å²) in [4.78, 5) is 16.0. The zero-order chi connectivity index (χ0) is 40.8. The lowest BCUT2D eigenvalue weighted by atomic mass is 9.69. The van der Waals surface area contributed by atoms with Crippen LogP contribution in [0.15, 0.2) is 218 Å². The van der Waals surface area contributed by atoms with E-state index in [1.165, 1.54) is 66.3 Å². The fraction of sp³-hybridized carbons (Fsp3) is 0.0172. The van der Waals surface area contributed by atoms with Crippen molar-refractivity contribution in [2.75, 3.05) is 0 Å². The van der Waals surface area contributed by atoms with E-state index in [4.69, 9.17) is 15.0 Å². The quantitative estimate of drug-likeness (QED) is 0.174. The standard InChI is InChI=1S/C58H36N4/c1-3-17-37(18-4-1)55-59-56(40-20-15-19-38(35-40)39-33-34-53-48(36-39)45-26-10-14-32-52(45)62(53)41-21-5-2-6-22-41)61-57(60-55)47-28-16-27-46-44-25-9-13-31-51(44)58(54(46)47)49-29-11-7-23-42(49)43-24-8-12-30-50(43)58/h1-36H. The fourth-order valence-corrected chi connectivity index (χ4v) is 10.5. The summed E-state index contributed by atoms with van der Waals surface area (Å²) in [7, 11) is 0. The Morgan fingerprint density at radius 1 is 0.306 bits per heavy atom. The Hall–Kier alpha value is -8.21. The molecular formula is C58H36N4. The van der Waals surface area contributed by atoms with Crippen LogP contribution in [0.4, 0.5) is 0 Å². The summed E-state index contributed by atoms with van der Waals surface area (Å²) < 4.78 is 2.36. The van der Waals surface area contributed by atoms with Crippen molar-refractivity contribution in [3.8, 4) is 73.2 Å². The summed E-state index contributed by atoms with van der Waals surface area (Å²) in [5.41, 5.74) is 18.1. The summed E-state index contributed by atoms with van der Waals surface area (Å²) in [5.74, 6) is 1.92. The largest absolute Gasteiger partial charge is 0.309 e. The summed E-state index contributed by atoms with van der Waals surface area (Å²) in [5, 5.41) is 2.44. The first-order chi connectivity index (χ1) is 30.8. The number of rotatable bonds is 5. The Bertz CT molecular complexity index is 3520. The molecule has 9 aromatic carbocycles. The van der Waals surface area contributed by atoms with Crippen LogP contribution in [0.5, 0.6) is 0 Å². The van der Waals surface area contributed by atoms with E-state index in [1.54, 1.807) is 0 Å². The number of hydrogen-bond acceptors (Lipinski definition) is 3. The van der Waals surface area contributed by atoms with Gasteiger partial charge in [-0.25, -0.2) is 15.0 Å². The fourth-order valence-electron chi connectivity index (χ4n) is 10.5. The van der Waals surface area contributed by atoms with Crippen LogP contribution < -0.4 is 0 Å². The minimum atomic E-state index is -0.544. The number of nitrogens with zero attached hydrogens (tertiary/aromatic N) is 4. The Morgan fingerprint density at radius 2 is 0.790 bits per heavy atom. The maximum absolute atomic E-state index is 5.44. The van der Waals surface area contributed by atoms with Crippen LogP contribution in [0.3, 0.4) is 0 Å². The predicted octanol–water partition coefficient (Wildman–Crippen LogP) is 14.0. The highest BCUT2D eigenvalue weighted by Gasteiger charge is 2.52. The molecule has 4 heteroatoms. The summed E-state index contributed by atoms with van der Waals surface area (Å²) in [6.45, 7) is 0. The zero-order valence-corrected chi connectivity index (χ0v) is 33.6. The van der Waals surface area contributed by atoms with Gasteiger partial charge in [0, 0.05) is 33.2 Å². The normalized spacial score (nSPS) is 13.0. The van der Waals surface area contributed by atoms with Gasteiger partial charge in [0.1, 0.15) is 0 Å². The van der Waals surface area contributed by atoms with Crippen molar-refractivity contribution in [1.29, 1.82) is 0 Å². The molecule has 0 bridgehead atoms. The van der Waals surface area contributed by atoms with Gasteiger partial charge in [-0.2, -0.15) is 0 Å². The third-order valence-corrected chi connectivity index (χ3v) is 13.1. The molecule has 0 N–H and O–H groups in total. The molecule has 0 amide bonds. The summed E-state index contributed by atoms with van der Waals surface area (Å²) in [6, 6.07) is 78.4. The van der Waals surface area contributed by atoms with Crippen molar-refractivity contribution in [2.45, 2.75) is 5.41 Å². The van der Waals surface area contributed by atoms with E-state index in [1.807, 2.05) is 18.2 Å². The lowest BCUT2D eigenvalue weighted by Gasteiger charge is -2.31. The maximum atomic E-state index is 5.44. The van der Waals surface area contributed by atoms with Crippen LogP contribution >= 0.6 is 0 Å². The van der Waals surface area contributed by atoms with Gasteiger partial charge >= 0.3 is 0 Å². The molecule has 2 heterocycles. The molecule has 2 aliphatic rings. The van der Waals surface area contributed by atoms with E-state index in [0.29, 0.717) is 17.5 Å². The van der Waals surface area contributed by atoms with E-state index >= 15 is 0 Å². The molecule has 2 aliphatic carbocycles. The Morgan fingerprint density at radius 3 is 1.52 bits per heavy atom. The molecule has 0 saturated heterocycles. The number of para-hydroxylation sites is 2. The van der Waals surface area contributed by atoms with Gasteiger partial charge in [0.15, 0.2) is 17.5 Å². The van der Waals surface area contributed by atoms with E-state index in [2.05, 4.69) is 205 Å². The van der Waals surface area contributed by atoms with Crippen LogP contribution in [0.2, 0.25) is 0 Å². The first-order valence-corrected chi connectivity index (χ1v) is 21.2. The molecular weight excluding hydrogens is 753 g/mol. The number of benzene rings is 9. The third kappa shape index (κ3) is 4.92. The van der Waals surface area contributed by atoms with Crippen molar-refractivity contribution < 1.29 is 0 Å². The highest BCUT2D eigenvalue weighted by atomic mass is 15.0. The lowest BCUT2D eigenvalue weighted by molar-refractivity contribution is 0.794. The molecule has 288 valence electrons. The van der Waals surface area contributed by atoms with Crippen molar-refractivity contribution in [2.24, 2.45) is 0 Å². The molecule has 2 aromatic heterocycles. The highest BCUT2D eigenvalue weighted by Crippen LogP contribution is 2.64. The predicted molar refractivity (Wildman–Crippen MR) is 252 cm³/mol. The van der Waals surface area contributed by atoms with Crippen molar-refractivity contribution in [3.05, 3.63) is 241 Å². The average molecular weight is 789 g/mol. The van der Waals surface area contributed by atoms with Gasteiger partial charge in [-0.05, 0) is 92.0 Å². The van der Waals surface area contributed by atoms with E-state index in [-0.39, 0.29) is 0 Å². The Kier molecular flexibility index (Phi) is 7.49. The smallest absolute Gasteiger partial charge is 0.164 e. The summed E-state index contributed by atoms with van der Waals surface area (Å²) >= 11 is 0. The van der Waals surface area contributed by atoms with Gasteiger partial charge in [0.05, 0.1) is 16.4 Å². The Balaban J connectivity index is 1.01. The minimum absolute atomic E-state index is 0.544. The van der Waals surface area contributed by atoms with E-state index < -0.39 is 5.41 Å². The monoisotopic (exact) mass is 788 g/mol. The average Bonchev–Trinajstić information content (AvgIpc) is 3.96. The molecule has 13 rings (SSSR count).